The van der Waals surface area contributed by atoms with Gasteiger partial charge in [0.25, 0.3) is 10.0 Å². The number of rotatable bonds is 11. The van der Waals surface area contributed by atoms with Crippen molar-refractivity contribution in [1.29, 1.82) is 0 Å². The van der Waals surface area contributed by atoms with Crippen molar-refractivity contribution < 1.29 is 18.0 Å². The Balaban J connectivity index is 1.53. The highest BCUT2D eigenvalue weighted by Crippen LogP contribution is 2.42. The van der Waals surface area contributed by atoms with Gasteiger partial charge in [0.05, 0.1) is 10.6 Å². The Morgan fingerprint density at radius 2 is 1.68 bits per heavy atom. The molecule has 0 spiro atoms. The third-order valence-electron chi connectivity index (χ3n) is 7.42. The molecule has 1 heterocycles. The molecule has 2 amide bonds. The maximum atomic E-state index is 13.6. The van der Waals surface area contributed by atoms with Crippen LogP contribution in [0, 0.1) is 6.92 Å². The van der Waals surface area contributed by atoms with Gasteiger partial charge in [-0.1, -0.05) is 62.4 Å². The zero-order valence-corrected chi connectivity index (χ0v) is 23.4. The summed E-state index contributed by atoms with van der Waals surface area (Å²) in [5.41, 5.74) is 2.69. The molecule has 0 bridgehead atoms. The number of nitrogens with one attached hydrogen (secondary N) is 1. The summed E-state index contributed by atoms with van der Waals surface area (Å²) >= 11 is 0. The molecular weight excluding hydrogens is 498 g/mol. The maximum Gasteiger partial charge on any atom is 0.265 e. The molecule has 3 aromatic rings. The predicted octanol–water partition coefficient (Wildman–Crippen LogP) is 5.16. The van der Waals surface area contributed by atoms with Crippen LogP contribution in [0.15, 0.2) is 65.6 Å². The quantitative estimate of drug-likeness (QED) is 0.368. The zero-order chi connectivity index (χ0) is 27.4. The Labute approximate surface area is 225 Å². The second-order valence-electron chi connectivity index (χ2n) is 10.0. The summed E-state index contributed by atoms with van der Waals surface area (Å²) in [5.74, 6) is -0.320. The van der Waals surface area contributed by atoms with Crippen LogP contribution < -0.4 is 9.62 Å². The van der Waals surface area contributed by atoms with Gasteiger partial charge in [0, 0.05) is 30.9 Å². The van der Waals surface area contributed by atoms with Gasteiger partial charge in [-0.05, 0) is 61.8 Å². The molecular formula is C30H37N3O4S. The van der Waals surface area contributed by atoms with E-state index in [1.807, 2.05) is 76.2 Å². The van der Waals surface area contributed by atoms with Crippen LogP contribution >= 0.6 is 0 Å². The van der Waals surface area contributed by atoms with Crippen LogP contribution in [0.5, 0.6) is 0 Å². The Hall–Kier alpha value is -3.39. The first-order chi connectivity index (χ1) is 18.2. The van der Waals surface area contributed by atoms with E-state index in [-0.39, 0.29) is 30.8 Å². The number of nitrogens with zero attached hydrogens (tertiary/aromatic N) is 2. The number of hydrogen-bond acceptors (Lipinski definition) is 4. The fourth-order valence-corrected chi connectivity index (χ4v) is 6.80. The Morgan fingerprint density at radius 1 is 0.974 bits per heavy atom. The summed E-state index contributed by atoms with van der Waals surface area (Å²) in [4.78, 5) is 28.8. The van der Waals surface area contributed by atoms with Crippen LogP contribution in [0.25, 0.3) is 10.8 Å². The Kier molecular flexibility index (Phi) is 8.41. The minimum Gasteiger partial charge on any atom is -0.352 e. The first kappa shape index (κ1) is 27.6. The molecule has 8 heteroatoms. The normalized spacial score (nSPS) is 15.3. The first-order valence-electron chi connectivity index (χ1n) is 13.4. The molecule has 0 unspecified atom stereocenters. The topological polar surface area (TPSA) is 86.8 Å². The number of sulfonamides is 1. The molecule has 2 atom stereocenters. The van der Waals surface area contributed by atoms with E-state index in [4.69, 9.17) is 0 Å². The molecule has 0 saturated carbocycles. The van der Waals surface area contributed by atoms with Gasteiger partial charge in [-0.15, -0.1) is 0 Å². The summed E-state index contributed by atoms with van der Waals surface area (Å²) in [6.07, 6.45) is 1.76. The average molecular weight is 536 g/mol. The maximum absolute atomic E-state index is 13.6. The Morgan fingerprint density at radius 3 is 2.37 bits per heavy atom. The lowest BCUT2D eigenvalue weighted by atomic mass is 10.0. The Bertz CT molecular complexity index is 1430. The van der Waals surface area contributed by atoms with Crippen molar-refractivity contribution in [3.8, 4) is 0 Å². The van der Waals surface area contributed by atoms with Crippen LogP contribution in [0.1, 0.15) is 57.6 Å². The van der Waals surface area contributed by atoms with Gasteiger partial charge in [-0.2, -0.15) is 0 Å². The fraction of sp³-hybridized carbons (Fsp3) is 0.400. The molecule has 3 aromatic carbocycles. The average Bonchev–Trinajstić information content (AvgIpc) is 3.12. The van der Waals surface area contributed by atoms with E-state index >= 15 is 0 Å². The molecule has 0 saturated heterocycles. The minimum atomic E-state index is -3.68. The van der Waals surface area contributed by atoms with E-state index in [0.29, 0.717) is 30.0 Å². The molecule has 1 aliphatic rings. The van der Waals surface area contributed by atoms with Crippen molar-refractivity contribution in [3.05, 3.63) is 71.8 Å². The molecule has 0 aliphatic carbocycles. The lowest BCUT2D eigenvalue weighted by Gasteiger charge is -2.32. The molecule has 38 heavy (non-hydrogen) atoms. The van der Waals surface area contributed by atoms with Gasteiger partial charge in [0.15, 0.2) is 0 Å². The van der Waals surface area contributed by atoms with E-state index in [2.05, 4.69) is 5.32 Å². The molecule has 1 N–H and O–H groups in total. The minimum absolute atomic E-state index is 0.0108. The smallest absolute Gasteiger partial charge is 0.265 e. The summed E-state index contributed by atoms with van der Waals surface area (Å²) < 4.78 is 28.0. The zero-order valence-electron chi connectivity index (χ0n) is 22.6. The van der Waals surface area contributed by atoms with E-state index < -0.39 is 16.1 Å². The molecule has 7 nitrogen and oxygen atoms in total. The standard InChI is InChI=1S/C30H37N3O4S/c1-5-22(4)31-30(35)25(6-2)32(20-24-13-8-7-12-21(24)3)28(34)18-11-19-33-26-16-9-14-23-15-10-17-27(29(23)26)38(33,36)37/h7-10,12-17,22,25H,5-6,11,18-20H2,1-4H3,(H,31,35)/t22-,25+/m1/s1. The number of amides is 2. The molecule has 0 radical (unpaired) electrons. The number of aryl methyl sites for hydroxylation is 1. The van der Waals surface area contributed by atoms with Crippen molar-refractivity contribution in [2.45, 2.75) is 76.9 Å². The van der Waals surface area contributed by atoms with E-state index in [1.165, 1.54) is 4.31 Å². The van der Waals surface area contributed by atoms with Gasteiger partial charge in [-0.25, -0.2) is 8.42 Å². The van der Waals surface area contributed by atoms with Gasteiger partial charge < -0.3 is 10.2 Å². The van der Waals surface area contributed by atoms with Gasteiger partial charge in [-0.3, -0.25) is 13.9 Å². The van der Waals surface area contributed by atoms with Crippen molar-refractivity contribution in [3.63, 3.8) is 0 Å². The predicted molar refractivity (Wildman–Crippen MR) is 151 cm³/mol. The highest BCUT2D eigenvalue weighted by Gasteiger charge is 2.35. The SMILES string of the molecule is CC[C@@H](C)NC(=O)[C@H](CC)N(Cc1ccccc1C)C(=O)CCCN1c2cccc3cccc(c23)S1(=O)=O. The molecule has 0 aromatic heterocycles. The molecule has 1 aliphatic heterocycles. The van der Waals surface area contributed by atoms with E-state index in [9.17, 15) is 18.0 Å². The van der Waals surface area contributed by atoms with E-state index in [1.54, 1.807) is 17.0 Å². The van der Waals surface area contributed by atoms with Crippen LogP contribution in [-0.2, 0) is 26.2 Å². The number of carbonyl (C=O) groups excluding carboxylic acids is 2. The highest BCUT2D eigenvalue weighted by atomic mass is 32.2. The van der Waals surface area contributed by atoms with Crippen LogP contribution in [0.2, 0.25) is 0 Å². The van der Waals surface area contributed by atoms with Crippen molar-refractivity contribution in [2.75, 3.05) is 10.8 Å². The van der Waals surface area contributed by atoms with Crippen LogP contribution in [0.4, 0.5) is 5.69 Å². The van der Waals surface area contributed by atoms with Gasteiger partial charge >= 0.3 is 0 Å². The summed E-state index contributed by atoms with van der Waals surface area (Å²) in [5, 5.41) is 4.64. The van der Waals surface area contributed by atoms with Crippen molar-refractivity contribution in [2.24, 2.45) is 0 Å². The van der Waals surface area contributed by atoms with Crippen LogP contribution in [0.3, 0.4) is 0 Å². The van der Waals surface area contributed by atoms with Crippen molar-refractivity contribution in [1.82, 2.24) is 10.2 Å². The second kappa shape index (κ2) is 11.6. The molecule has 0 fully saturated rings. The molecule has 202 valence electrons. The van der Waals surface area contributed by atoms with Gasteiger partial charge in [0.1, 0.15) is 6.04 Å². The third kappa shape index (κ3) is 5.41. The second-order valence-corrected chi connectivity index (χ2v) is 11.8. The fourth-order valence-electron chi connectivity index (χ4n) is 5.05. The van der Waals surface area contributed by atoms with Crippen molar-refractivity contribution >= 4 is 38.3 Å². The third-order valence-corrected chi connectivity index (χ3v) is 9.28. The summed E-state index contributed by atoms with van der Waals surface area (Å²) in [6, 6.07) is 18.1. The number of hydrogen-bond donors (Lipinski definition) is 1. The largest absolute Gasteiger partial charge is 0.352 e. The summed E-state index contributed by atoms with van der Waals surface area (Å²) in [6.45, 7) is 8.38. The van der Waals surface area contributed by atoms with Gasteiger partial charge in [0.2, 0.25) is 11.8 Å². The molecule has 4 rings (SSSR count). The first-order valence-corrected chi connectivity index (χ1v) is 14.8. The highest BCUT2D eigenvalue weighted by molar-refractivity contribution is 7.93. The van der Waals surface area contributed by atoms with Crippen LogP contribution in [-0.4, -0.2) is 43.8 Å². The number of carbonyl (C=O) groups is 2. The number of benzene rings is 3. The van der Waals surface area contributed by atoms with E-state index in [0.717, 1.165) is 28.3 Å². The summed E-state index contributed by atoms with van der Waals surface area (Å²) in [7, 11) is -3.68. The lowest BCUT2D eigenvalue weighted by molar-refractivity contribution is -0.141. The lowest BCUT2D eigenvalue weighted by Crippen LogP contribution is -2.50. The number of anilines is 1. The monoisotopic (exact) mass is 535 g/mol.